The molecule has 1 aromatic heterocycles. The van der Waals surface area contributed by atoms with Crippen molar-refractivity contribution in [2.75, 3.05) is 25.0 Å². The third-order valence-electron chi connectivity index (χ3n) is 4.38. The third kappa shape index (κ3) is 2.25. The molecule has 0 unspecified atom stereocenters. The van der Waals surface area contributed by atoms with Crippen LogP contribution in [-0.2, 0) is 4.79 Å². The highest BCUT2D eigenvalue weighted by atomic mass is 16.3. The molecule has 1 aromatic carbocycles. The van der Waals surface area contributed by atoms with E-state index in [1.165, 1.54) is 11.2 Å². The monoisotopic (exact) mass is 325 g/mol. The molecule has 24 heavy (non-hydrogen) atoms. The second-order valence-electron chi connectivity index (χ2n) is 5.78. The molecule has 7 nitrogen and oxygen atoms in total. The maximum absolute atomic E-state index is 12.7. The van der Waals surface area contributed by atoms with Crippen molar-refractivity contribution in [3.8, 4) is 0 Å². The fraction of sp³-hybridized carbons (Fsp3) is 0.235. The van der Waals surface area contributed by atoms with Crippen molar-refractivity contribution in [2.24, 2.45) is 0 Å². The Morgan fingerprint density at radius 2 is 1.96 bits per heavy atom. The molecule has 2 aliphatic heterocycles. The first-order valence-electron chi connectivity index (χ1n) is 7.69. The average Bonchev–Trinajstić information content (AvgIpc) is 3.12. The Bertz CT molecular complexity index is 815. The minimum absolute atomic E-state index is 0.144. The van der Waals surface area contributed by atoms with Gasteiger partial charge in [0.15, 0.2) is 5.76 Å². The number of amides is 3. The molecule has 0 bridgehead atoms. The van der Waals surface area contributed by atoms with Crippen LogP contribution in [0.15, 0.2) is 47.1 Å². The van der Waals surface area contributed by atoms with Gasteiger partial charge in [-0.3, -0.25) is 14.4 Å². The summed E-state index contributed by atoms with van der Waals surface area (Å²) < 4.78 is 5.14. The number of hydrogen-bond donors (Lipinski definition) is 1. The molecular weight excluding hydrogens is 310 g/mol. The van der Waals surface area contributed by atoms with Gasteiger partial charge in [0.2, 0.25) is 5.91 Å². The predicted molar refractivity (Wildman–Crippen MR) is 84.5 cm³/mol. The Morgan fingerprint density at radius 3 is 2.75 bits per heavy atom. The van der Waals surface area contributed by atoms with Gasteiger partial charge in [-0.1, -0.05) is 12.1 Å². The van der Waals surface area contributed by atoms with E-state index in [2.05, 4.69) is 5.32 Å². The maximum atomic E-state index is 12.7. The van der Waals surface area contributed by atoms with Gasteiger partial charge in [-0.2, -0.15) is 0 Å². The maximum Gasteiger partial charge on any atom is 0.289 e. The number of benzene rings is 1. The molecule has 3 heterocycles. The summed E-state index contributed by atoms with van der Waals surface area (Å²) in [6, 6.07) is 9.45. The van der Waals surface area contributed by atoms with Crippen molar-refractivity contribution >= 4 is 23.4 Å². The Hall–Kier alpha value is -3.09. The number of furan rings is 1. The van der Waals surface area contributed by atoms with Gasteiger partial charge in [0.05, 0.1) is 24.1 Å². The molecule has 3 amide bonds. The molecule has 1 N–H and O–H groups in total. The van der Waals surface area contributed by atoms with Gasteiger partial charge in [0.1, 0.15) is 6.04 Å². The highest BCUT2D eigenvalue weighted by Gasteiger charge is 2.40. The zero-order valence-corrected chi connectivity index (χ0v) is 12.8. The van der Waals surface area contributed by atoms with Crippen molar-refractivity contribution in [3.63, 3.8) is 0 Å². The van der Waals surface area contributed by atoms with Gasteiger partial charge < -0.3 is 19.5 Å². The second-order valence-corrected chi connectivity index (χ2v) is 5.78. The molecule has 122 valence electrons. The van der Waals surface area contributed by atoms with E-state index >= 15 is 0 Å². The molecule has 2 aliphatic rings. The van der Waals surface area contributed by atoms with Crippen LogP contribution in [0, 0.1) is 0 Å². The summed E-state index contributed by atoms with van der Waals surface area (Å²) in [7, 11) is 0. The van der Waals surface area contributed by atoms with Crippen molar-refractivity contribution in [2.45, 2.75) is 6.04 Å². The van der Waals surface area contributed by atoms with Crippen molar-refractivity contribution < 1.29 is 18.8 Å². The first-order chi connectivity index (χ1) is 11.6. The molecule has 0 aliphatic carbocycles. The van der Waals surface area contributed by atoms with E-state index in [1.54, 1.807) is 41.3 Å². The molecule has 4 rings (SSSR count). The third-order valence-corrected chi connectivity index (χ3v) is 4.38. The highest BCUT2D eigenvalue weighted by Crippen LogP contribution is 2.25. The second kappa shape index (κ2) is 5.52. The lowest BCUT2D eigenvalue weighted by molar-refractivity contribution is -0.121. The van der Waals surface area contributed by atoms with Crippen LogP contribution >= 0.6 is 0 Å². The standard InChI is InChI=1S/C17H15N3O4/c21-15-13-10-19(17(23)14-6-3-9-24-14)7-8-20(13)16(22)11-4-1-2-5-12(11)18-15/h1-6,9,13H,7-8,10H2,(H,18,21)/t13-/m0/s1. The van der Waals surface area contributed by atoms with E-state index in [4.69, 9.17) is 4.42 Å². The van der Waals surface area contributed by atoms with Crippen LogP contribution in [0.5, 0.6) is 0 Å². The smallest absolute Gasteiger partial charge is 0.289 e. The molecule has 7 heteroatoms. The molecule has 0 saturated carbocycles. The van der Waals surface area contributed by atoms with Crippen molar-refractivity contribution in [3.05, 3.63) is 54.0 Å². The Balaban J connectivity index is 1.62. The largest absolute Gasteiger partial charge is 0.459 e. The number of piperazine rings is 1. The number of carbonyl (C=O) groups excluding carboxylic acids is 3. The van der Waals surface area contributed by atoms with Gasteiger partial charge in [-0.05, 0) is 24.3 Å². The number of hydrogen-bond acceptors (Lipinski definition) is 4. The van der Waals surface area contributed by atoms with Gasteiger partial charge in [-0.25, -0.2) is 0 Å². The fourth-order valence-corrected chi connectivity index (χ4v) is 3.14. The quantitative estimate of drug-likeness (QED) is 0.854. The Morgan fingerprint density at radius 1 is 1.12 bits per heavy atom. The van der Waals surface area contributed by atoms with Crippen LogP contribution in [0.25, 0.3) is 0 Å². The summed E-state index contributed by atoms with van der Waals surface area (Å²) in [4.78, 5) is 40.8. The SMILES string of the molecule is O=C1Nc2ccccc2C(=O)N2CCN(C(=O)c3ccco3)C[C@@H]12. The minimum Gasteiger partial charge on any atom is -0.459 e. The number of anilines is 1. The minimum atomic E-state index is -0.711. The summed E-state index contributed by atoms with van der Waals surface area (Å²) in [6.07, 6.45) is 1.43. The van der Waals surface area contributed by atoms with Crippen LogP contribution in [0.3, 0.4) is 0 Å². The highest BCUT2D eigenvalue weighted by molar-refractivity contribution is 6.10. The van der Waals surface area contributed by atoms with Gasteiger partial charge in [-0.15, -0.1) is 0 Å². The average molecular weight is 325 g/mol. The van der Waals surface area contributed by atoms with E-state index in [1.807, 2.05) is 0 Å². The van der Waals surface area contributed by atoms with E-state index < -0.39 is 6.04 Å². The Labute approximate surface area is 137 Å². The lowest BCUT2D eigenvalue weighted by Crippen LogP contribution is -2.59. The first-order valence-corrected chi connectivity index (χ1v) is 7.69. The summed E-state index contributed by atoms with van der Waals surface area (Å²) in [5, 5.41) is 2.78. The van der Waals surface area contributed by atoms with Crippen LogP contribution < -0.4 is 5.32 Å². The molecule has 0 spiro atoms. The number of nitrogens with one attached hydrogen (secondary N) is 1. The molecular formula is C17H15N3O4. The number of para-hydroxylation sites is 1. The first kappa shape index (κ1) is 14.5. The van der Waals surface area contributed by atoms with Gasteiger partial charge in [0, 0.05) is 13.1 Å². The normalized spacial score (nSPS) is 20.1. The van der Waals surface area contributed by atoms with E-state index in [-0.39, 0.29) is 30.0 Å². The van der Waals surface area contributed by atoms with E-state index in [9.17, 15) is 14.4 Å². The summed E-state index contributed by atoms with van der Waals surface area (Å²) in [6.45, 7) is 0.806. The summed E-state index contributed by atoms with van der Waals surface area (Å²) in [5.74, 6) is -0.530. The van der Waals surface area contributed by atoms with E-state index in [0.29, 0.717) is 24.3 Å². The van der Waals surface area contributed by atoms with Crippen LogP contribution in [0.1, 0.15) is 20.9 Å². The van der Waals surface area contributed by atoms with Gasteiger partial charge >= 0.3 is 0 Å². The zero-order chi connectivity index (χ0) is 16.7. The molecule has 1 fully saturated rings. The summed E-state index contributed by atoms with van der Waals surface area (Å²) >= 11 is 0. The lowest BCUT2D eigenvalue weighted by Gasteiger charge is -2.38. The number of carbonyl (C=O) groups is 3. The van der Waals surface area contributed by atoms with Crippen LogP contribution in [-0.4, -0.2) is 53.2 Å². The fourth-order valence-electron chi connectivity index (χ4n) is 3.14. The topological polar surface area (TPSA) is 82.9 Å². The van der Waals surface area contributed by atoms with Crippen LogP contribution in [0.4, 0.5) is 5.69 Å². The Kier molecular flexibility index (Phi) is 3.34. The van der Waals surface area contributed by atoms with Crippen molar-refractivity contribution in [1.82, 2.24) is 9.80 Å². The number of rotatable bonds is 1. The lowest BCUT2D eigenvalue weighted by atomic mass is 10.1. The zero-order valence-electron chi connectivity index (χ0n) is 12.8. The summed E-state index contributed by atoms with van der Waals surface area (Å²) in [5.41, 5.74) is 0.977. The van der Waals surface area contributed by atoms with Crippen LogP contribution in [0.2, 0.25) is 0 Å². The van der Waals surface area contributed by atoms with Gasteiger partial charge in [0.25, 0.3) is 11.8 Å². The van der Waals surface area contributed by atoms with Crippen molar-refractivity contribution in [1.29, 1.82) is 0 Å². The predicted octanol–water partition coefficient (Wildman–Crippen LogP) is 1.20. The molecule has 1 atom stereocenters. The number of nitrogens with zero attached hydrogens (tertiary/aromatic N) is 2. The molecule has 0 radical (unpaired) electrons. The molecule has 1 saturated heterocycles. The molecule has 2 aromatic rings. The number of fused-ring (bicyclic) bond motifs is 2. The van der Waals surface area contributed by atoms with E-state index in [0.717, 1.165) is 0 Å².